The van der Waals surface area contributed by atoms with Crippen LogP contribution in [0.5, 0.6) is 5.75 Å². The molecule has 2 rings (SSSR count). The Bertz CT molecular complexity index is 921. The van der Waals surface area contributed by atoms with Gasteiger partial charge < -0.3 is 14.9 Å². The van der Waals surface area contributed by atoms with E-state index in [4.69, 9.17) is 4.74 Å². The van der Waals surface area contributed by atoms with Crippen LogP contribution in [0.4, 0.5) is 18.9 Å². The third-order valence-electron chi connectivity index (χ3n) is 3.53. The van der Waals surface area contributed by atoms with Crippen molar-refractivity contribution in [3.05, 3.63) is 59.7 Å². The van der Waals surface area contributed by atoms with E-state index in [1.807, 2.05) is 0 Å². The number of carbonyl (C=O) groups excluding carboxylic acids is 2. The first kappa shape index (κ1) is 21.6. The number of ketones is 1. The van der Waals surface area contributed by atoms with Crippen molar-refractivity contribution >= 4 is 29.5 Å². The van der Waals surface area contributed by atoms with Gasteiger partial charge >= 0.3 is 12.1 Å². The molecule has 2 aromatic rings. The summed E-state index contributed by atoms with van der Waals surface area (Å²) in [4.78, 5) is 31.1. The Morgan fingerprint density at radius 2 is 1.59 bits per heavy atom. The molecule has 29 heavy (non-hydrogen) atoms. The highest BCUT2D eigenvalue weighted by Gasteiger charge is 2.38. The number of aliphatic imine (C=N–C) groups is 1. The molecule has 0 spiro atoms. The molecule has 152 valence electrons. The Labute approximate surface area is 163 Å². The molecule has 0 aromatic heterocycles. The van der Waals surface area contributed by atoms with Crippen LogP contribution >= 0.6 is 0 Å². The molecule has 0 atom stereocenters. The van der Waals surface area contributed by atoms with Crippen molar-refractivity contribution in [2.24, 2.45) is 10.1 Å². The molecule has 0 fully saturated rings. The third-order valence-corrected chi connectivity index (χ3v) is 3.53. The highest BCUT2D eigenvalue weighted by molar-refractivity contribution is 6.35. The topological polar surface area (TPSA) is 89.4 Å². The lowest BCUT2D eigenvalue weighted by atomic mass is 10.1. The van der Waals surface area contributed by atoms with Crippen molar-refractivity contribution in [2.45, 2.75) is 6.18 Å². The number of benzene rings is 2. The number of oxime groups is 1. The van der Waals surface area contributed by atoms with E-state index >= 15 is 0 Å². The molecule has 7 nitrogen and oxygen atoms in total. The molecule has 0 aliphatic heterocycles. The van der Waals surface area contributed by atoms with Gasteiger partial charge in [-0.3, -0.25) is 9.59 Å². The number of nitrogens with one attached hydrogen (secondary N) is 1. The summed E-state index contributed by atoms with van der Waals surface area (Å²) >= 11 is 0. The lowest BCUT2D eigenvalue weighted by Crippen LogP contribution is -2.24. The smallest absolute Gasteiger partial charge is 0.471 e. The summed E-state index contributed by atoms with van der Waals surface area (Å²) in [5, 5.41) is 5.66. The average Bonchev–Trinajstić information content (AvgIpc) is 2.70. The van der Waals surface area contributed by atoms with Gasteiger partial charge in [0.25, 0.3) is 5.91 Å². The quantitative estimate of drug-likeness (QED) is 0.342. The molecule has 0 saturated carbocycles. The summed E-state index contributed by atoms with van der Waals surface area (Å²) in [6.45, 7) is 0. The predicted octanol–water partition coefficient (Wildman–Crippen LogP) is 3.72. The Hall–Kier alpha value is -3.69. The summed E-state index contributed by atoms with van der Waals surface area (Å²) in [6.07, 6.45) is -4.21. The second-order valence-corrected chi connectivity index (χ2v) is 5.48. The van der Waals surface area contributed by atoms with E-state index < -0.39 is 17.9 Å². The van der Waals surface area contributed by atoms with Crippen molar-refractivity contribution < 1.29 is 32.3 Å². The van der Waals surface area contributed by atoms with Gasteiger partial charge in [-0.2, -0.15) is 13.2 Å². The fourth-order valence-corrected chi connectivity index (χ4v) is 2.08. The number of methoxy groups -OCH3 is 1. The van der Waals surface area contributed by atoms with E-state index in [1.54, 1.807) is 24.3 Å². The van der Waals surface area contributed by atoms with Crippen LogP contribution in [0.1, 0.15) is 20.7 Å². The van der Waals surface area contributed by atoms with Crippen LogP contribution in [0.25, 0.3) is 0 Å². The van der Waals surface area contributed by atoms with Crippen LogP contribution in [0, 0.1) is 0 Å². The first-order valence-electron chi connectivity index (χ1n) is 8.08. The number of carbonyl (C=O) groups is 2. The van der Waals surface area contributed by atoms with Crippen molar-refractivity contribution in [2.75, 3.05) is 19.5 Å². The molecule has 1 amide bonds. The van der Waals surface area contributed by atoms with E-state index in [-0.39, 0.29) is 11.5 Å². The van der Waals surface area contributed by atoms with Gasteiger partial charge in [0.05, 0.1) is 7.11 Å². The summed E-state index contributed by atoms with van der Waals surface area (Å²) in [6, 6.07) is 12.2. The van der Waals surface area contributed by atoms with Gasteiger partial charge in [-0.15, -0.1) is 0 Å². The molecule has 0 saturated heterocycles. The van der Waals surface area contributed by atoms with Crippen LogP contribution in [0.3, 0.4) is 0 Å². The number of ether oxygens (including phenoxy) is 1. The number of nitrogens with zero attached hydrogens (tertiary/aromatic N) is 2. The molecule has 0 bridgehead atoms. The fourth-order valence-electron chi connectivity index (χ4n) is 2.08. The summed E-state index contributed by atoms with van der Waals surface area (Å²) in [7, 11) is 2.40. The van der Waals surface area contributed by atoms with Crippen LogP contribution in [-0.2, 0) is 4.84 Å². The molecule has 0 heterocycles. The Kier molecular flexibility index (Phi) is 7.07. The van der Waals surface area contributed by atoms with E-state index in [0.29, 0.717) is 23.2 Å². The normalized spacial score (nSPS) is 12.0. The third kappa shape index (κ3) is 6.16. The summed E-state index contributed by atoms with van der Waals surface area (Å²) in [5.74, 6) is -2.00. The first-order valence-corrected chi connectivity index (χ1v) is 8.08. The minimum Gasteiger partial charge on any atom is -0.497 e. The second-order valence-electron chi connectivity index (χ2n) is 5.48. The van der Waals surface area contributed by atoms with E-state index in [9.17, 15) is 22.8 Å². The fraction of sp³-hybridized carbons (Fsp3) is 0.158. The number of halogens is 3. The number of amides is 1. The largest absolute Gasteiger partial charge is 0.497 e. The molecule has 0 aliphatic carbocycles. The van der Waals surface area contributed by atoms with Gasteiger partial charge in [0, 0.05) is 23.9 Å². The van der Waals surface area contributed by atoms with Crippen LogP contribution in [0.15, 0.2) is 58.7 Å². The predicted molar refractivity (Wildman–Crippen MR) is 101 cm³/mol. The maximum absolute atomic E-state index is 12.4. The van der Waals surface area contributed by atoms with Gasteiger partial charge in [-0.05, 0) is 48.5 Å². The maximum atomic E-state index is 12.4. The second kappa shape index (κ2) is 9.49. The highest BCUT2D eigenvalue weighted by Crippen LogP contribution is 2.18. The Balaban J connectivity index is 1.97. The highest BCUT2D eigenvalue weighted by atomic mass is 19.4. The zero-order valence-corrected chi connectivity index (χ0v) is 15.4. The average molecular weight is 407 g/mol. The van der Waals surface area contributed by atoms with Crippen molar-refractivity contribution in [1.82, 2.24) is 0 Å². The number of Topliss-reactive ketones (excluding diaryl/α,β-unsaturated/α-hetero) is 1. The van der Waals surface area contributed by atoms with Crippen molar-refractivity contribution in [3.8, 4) is 5.75 Å². The number of hydrogen-bond acceptors (Lipinski definition) is 6. The number of rotatable bonds is 6. The number of alkyl halides is 3. The molecule has 2 aromatic carbocycles. The van der Waals surface area contributed by atoms with E-state index in [0.717, 1.165) is 7.05 Å². The van der Waals surface area contributed by atoms with Crippen LogP contribution in [-0.4, -0.2) is 44.1 Å². The zero-order chi connectivity index (χ0) is 21.4. The molecule has 0 unspecified atom stereocenters. The Morgan fingerprint density at radius 3 is 2.10 bits per heavy atom. The molecular formula is C19H16F3N3O4. The van der Waals surface area contributed by atoms with Crippen LogP contribution < -0.4 is 10.1 Å². The minimum absolute atomic E-state index is 0.141. The summed E-state index contributed by atoms with van der Waals surface area (Å²) in [5.41, 5.74) is 0.975. The maximum Gasteiger partial charge on any atom is 0.471 e. The SMILES string of the molecule is C/N=C(\O/N=C/C(=O)c1ccc(NC(=O)c2ccc(OC)cc2)cc1)C(F)(F)F. The Morgan fingerprint density at radius 1 is 1.00 bits per heavy atom. The molecule has 0 radical (unpaired) electrons. The first-order chi connectivity index (χ1) is 13.7. The monoisotopic (exact) mass is 407 g/mol. The zero-order valence-electron chi connectivity index (χ0n) is 15.4. The van der Waals surface area contributed by atoms with E-state index in [2.05, 4.69) is 20.3 Å². The van der Waals surface area contributed by atoms with Gasteiger partial charge in [0.15, 0.2) is 0 Å². The van der Waals surface area contributed by atoms with Gasteiger partial charge in [0.1, 0.15) is 12.0 Å². The van der Waals surface area contributed by atoms with Gasteiger partial charge in [0.2, 0.25) is 5.78 Å². The van der Waals surface area contributed by atoms with Crippen molar-refractivity contribution in [3.63, 3.8) is 0 Å². The van der Waals surface area contributed by atoms with Crippen molar-refractivity contribution in [1.29, 1.82) is 0 Å². The molecular weight excluding hydrogens is 391 g/mol. The van der Waals surface area contributed by atoms with Gasteiger partial charge in [-0.25, -0.2) is 4.99 Å². The van der Waals surface area contributed by atoms with Crippen LogP contribution in [0.2, 0.25) is 0 Å². The molecule has 0 aliphatic rings. The lowest BCUT2D eigenvalue weighted by molar-refractivity contribution is -0.0781. The lowest BCUT2D eigenvalue weighted by Gasteiger charge is -2.07. The standard InChI is InChI=1S/C19H16F3N3O4/c1-23-18(19(20,21)22)29-24-11-16(26)12-3-7-14(8-4-12)25-17(27)13-5-9-15(28-2)10-6-13/h3-11H,1-2H3,(H,25,27)/b23-18-,24-11+. The van der Waals surface area contributed by atoms with Gasteiger partial charge in [-0.1, -0.05) is 5.16 Å². The number of hydrogen-bond donors (Lipinski definition) is 1. The molecule has 1 N–H and O–H groups in total. The molecule has 10 heteroatoms. The van der Waals surface area contributed by atoms with E-state index in [1.165, 1.54) is 31.4 Å². The summed E-state index contributed by atoms with van der Waals surface area (Å²) < 4.78 is 42.3. The minimum atomic E-state index is -4.81. The number of anilines is 1.